The van der Waals surface area contributed by atoms with E-state index in [1.807, 2.05) is 13.0 Å². The smallest absolute Gasteiger partial charge is 0.144 e. The first-order valence-corrected chi connectivity index (χ1v) is 12.1. The van der Waals surface area contributed by atoms with Crippen LogP contribution < -0.4 is 11.1 Å². The molecule has 0 radical (unpaired) electrons. The van der Waals surface area contributed by atoms with E-state index in [9.17, 15) is 0 Å². The van der Waals surface area contributed by atoms with Gasteiger partial charge in [0.1, 0.15) is 17.3 Å². The molecule has 0 atom stereocenters. The minimum atomic E-state index is 0.705. The van der Waals surface area contributed by atoms with E-state index >= 15 is 0 Å². The molecule has 178 valence electrons. The number of hydrogen-bond acceptors (Lipinski definition) is 4. The zero-order valence-electron chi connectivity index (χ0n) is 20.4. The normalized spacial score (nSPS) is 10.8. The molecule has 2 aromatic heterocycles. The van der Waals surface area contributed by atoms with Crippen LogP contribution in [0, 0.1) is 0 Å². The van der Waals surface area contributed by atoms with Crippen molar-refractivity contribution in [1.82, 2.24) is 15.0 Å². The summed E-state index contributed by atoms with van der Waals surface area (Å²) in [5.41, 5.74) is 10.9. The standard InChI is InChI=1S/C27H33N5.C2H4/c1-19(2)21-13-14-22-23(18-21)30-27-25(22)26(29-16-10-5-3-4-9-15-28)31-24(32-27)17-20-11-7-6-8-12-20;1-2/h6-8,11-14,18H,1,3-5,9-10,15-17,28H2,2H3,(H2,29,30,31,32);1-2H2. The molecular weight excluding hydrogens is 418 g/mol. The number of rotatable bonds is 11. The second kappa shape index (κ2) is 12.7. The summed E-state index contributed by atoms with van der Waals surface area (Å²) in [5.74, 6) is 1.73. The highest BCUT2D eigenvalue weighted by atomic mass is 15.1. The summed E-state index contributed by atoms with van der Waals surface area (Å²) in [5, 5.41) is 5.81. The number of aromatic nitrogens is 3. The van der Waals surface area contributed by atoms with E-state index in [-0.39, 0.29) is 0 Å². The lowest BCUT2D eigenvalue weighted by atomic mass is 10.1. The summed E-state index contributed by atoms with van der Waals surface area (Å²) in [6.45, 7) is 13.8. The molecule has 2 heterocycles. The number of nitrogens with zero attached hydrogens (tertiary/aromatic N) is 2. The van der Waals surface area contributed by atoms with Crippen molar-refractivity contribution in [3.05, 3.63) is 85.2 Å². The van der Waals surface area contributed by atoms with Gasteiger partial charge in [-0.15, -0.1) is 13.2 Å². The third kappa shape index (κ3) is 6.33. The Balaban J connectivity index is 0.00000158. The van der Waals surface area contributed by atoms with E-state index in [2.05, 4.69) is 72.5 Å². The molecule has 0 saturated heterocycles. The van der Waals surface area contributed by atoms with E-state index in [4.69, 9.17) is 15.7 Å². The molecule has 34 heavy (non-hydrogen) atoms. The molecule has 4 rings (SSSR count). The molecule has 0 aliphatic carbocycles. The lowest BCUT2D eigenvalue weighted by molar-refractivity contribution is 0.629. The maximum Gasteiger partial charge on any atom is 0.144 e. The fourth-order valence-corrected chi connectivity index (χ4v) is 4.10. The van der Waals surface area contributed by atoms with Crippen LogP contribution in [0.4, 0.5) is 5.82 Å². The third-order valence-electron chi connectivity index (χ3n) is 5.87. The predicted molar refractivity (Wildman–Crippen MR) is 147 cm³/mol. The molecule has 0 unspecified atom stereocenters. The average molecular weight is 456 g/mol. The van der Waals surface area contributed by atoms with Gasteiger partial charge in [-0.2, -0.15) is 0 Å². The van der Waals surface area contributed by atoms with Crippen LogP contribution in [0.1, 0.15) is 56.0 Å². The molecule has 0 aliphatic rings. The van der Waals surface area contributed by atoms with Gasteiger partial charge in [-0.3, -0.25) is 0 Å². The fourth-order valence-electron chi connectivity index (χ4n) is 4.10. The van der Waals surface area contributed by atoms with Gasteiger partial charge in [0.05, 0.1) is 5.39 Å². The monoisotopic (exact) mass is 455 g/mol. The number of nitrogens with one attached hydrogen (secondary N) is 2. The molecule has 4 N–H and O–H groups in total. The Bertz CT molecular complexity index is 1210. The van der Waals surface area contributed by atoms with Crippen molar-refractivity contribution in [2.45, 2.75) is 45.4 Å². The first-order chi connectivity index (χ1) is 16.7. The van der Waals surface area contributed by atoms with Crippen LogP contribution in [-0.4, -0.2) is 28.0 Å². The molecule has 0 amide bonds. The lowest BCUT2D eigenvalue weighted by Crippen LogP contribution is -2.07. The number of hydrogen-bond donors (Lipinski definition) is 3. The Morgan fingerprint density at radius 1 is 0.971 bits per heavy atom. The Kier molecular flexibility index (Phi) is 9.41. The van der Waals surface area contributed by atoms with Gasteiger partial charge in [0.25, 0.3) is 0 Å². The van der Waals surface area contributed by atoms with Crippen LogP contribution in [0.25, 0.3) is 27.5 Å². The van der Waals surface area contributed by atoms with Crippen molar-refractivity contribution in [2.75, 3.05) is 18.4 Å². The molecule has 0 bridgehead atoms. The minimum Gasteiger partial charge on any atom is -0.369 e. The van der Waals surface area contributed by atoms with Crippen LogP contribution in [0.15, 0.2) is 68.3 Å². The summed E-state index contributed by atoms with van der Waals surface area (Å²) in [7, 11) is 0. The second-order valence-corrected chi connectivity index (χ2v) is 8.52. The Labute approximate surface area is 203 Å². The van der Waals surface area contributed by atoms with E-state index in [1.165, 1.54) is 24.8 Å². The largest absolute Gasteiger partial charge is 0.369 e. The third-order valence-corrected chi connectivity index (χ3v) is 5.87. The van der Waals surface area contributed by atoms with Crippen molar-refractivity contribution in [3.8, 4) is 0 Å². The molecule has 4 aromatic rings. The van der Waals surface area contributed by atoms with Crippen molar-refractivity contribution in [1.29, 1.82) is 0 Å². The highest BCUT2D eigenvalue weighted by Crippen LogP contribution is 2.31. The van der Waals surface area contributed by atoms with Gasteiger partial charge in [0.15, 0.2) is 0 Å². The zero-order chi connectivity index (χ0) is 24.3. The summed E-state index contributed by atoms with van der Waals surface area (Å²) in [6, 6.07) is 16.8. The van der Waals surface area contributed by atoms with Gasteiger partial charge in [0, 0.05) is 23.9 Å². The predicted octanol–water partition coefficient (Wildman–Crippen LogP) is 6.86. The van der Waals surface area contributed by atoms with Crippen LogP contribution in [0.5, 0.6) is 0 Å². The second-order valence-electron chi connectivity index (χ2n) is 8.52. The molecule has 0 aliphatic heterocycles. The summed E-state index contributed by atoms with van der Waals surface area (Å²) < 4.78 is 0. The van der Waals surface area contributed by atoms with Gasteiger partial charge in [-0.05, 0) is 43.5 Å². The average Bonchev–Trinajstić information content (AvgIpc) is 3.23. The van der Waals surface area contributed by atoms with Crippen LogP contribution in [0.2, 0.25) is 0 Å². The Hall–Kier alpha value is -3.44. The number of allylic oxidation sites excluding steroid dienone is 1. The molecule has 0 fully saturated rings. The van der Waals surface area contributed by atoms with E-state index in [0.29, 0.717) is 6.42 Å². The Morgan fingerprint density at radius 2 is 1.71 bits per heavy atom. The number of anilines is 1. The number of aromatic amines is 1. The van der Waals surface area contributed by atoms with Gasteiger partial charge in [-0.1, -0.05) is 73.9 Å². The number of H-pyrrole nitrogens is 1. The molecule has 0 saturated carbocycles. The summed E-state index contributed by atoms with van der Waals surface area (Å²) in [6.07, 6.45) is 6.58. The number of nitrogens with two attached hydrogens (primary N) is 1. The first kappa shape index (κ1) is 25.2. The number of unbranched alkanes of at least 4 members (excludes halogenated alkanes) is 4. The molecule has 2 aromatic carbocycles. The van der Waals surface area contributed by atoms with E-state index in [1.54, 1.807) is 0 Å². The zero-order valence-corrected chi connectivity index (χ0v) is 20.4. The first-order valence-electron chi connectivity index (χ1n) is 12.1. The van der Waals surface area contributed by atoms with Crippen molar-refractivity contribution < 1.29 is 0 Å². The summed E-state index contributed by atoms with van der Waals surface area (Å²) in [4.78, 5) is 13.3. The van der Waals surface area contributed by atoms with Gasteiger partial charge in [0.2, 0.25) is 0 Å². The van der Waals surface area contributed by atoms with Gasteiger partial charge in [-0.25, -0.2) is 9.97 Å². The summed E-state index contributed by atoms with van der Waals surface area (Å²) >= 11 is 0. The molecule has 5 heteroatoms. The number of benzene rings is 2. The lowest BCUT2D eigenvalue weighted by Gasteiger charge is -2.10. The van der Waals surface area contributed by atoms with Crippen molar-refractivity contribution in [2.24, 2.45) is 5.73 Å². The molecule has 0 spiro atoms. The van der Waals surface area contributed by atoms with Crippen molar-refractivity contribution in [3.63, 3.8) is 0 Å². The SMILES string of the molecule is C=C.C=C(C)c1ccc2c(c1)[nH]c1nc(Cc3ccccc3)nc(NCCCCCCCN)c12. The molecular formula is C29H37N5. The van der Waals surface area contributed by atoms with Crippen LogP contribution >= 0.6 is 0 Å². The quantitative estimate of drug-likeness (QED) is 0.170. The van der Waals surface area contributed by atoms with E-state index in [0.717, 1.165) is 70.6 Å². The Morgan fingerprint density at radius 3 is 2.44 bits per heavy atom. The maximum atomic E-state index is 5.59. The number of fused-ring (bicyclic) bond motifs is 3. The van der Waals surface area contributed by atoms with Crippen molar-refractivity contribution >= 4 is 33.3 Å². The van der Waals surface area contributed by atoms with Gasteiger partial charge >= 0.3 is 0 Å². The maximum absolute atomic E-state index is 5.59. The van der Waals surface area contributed by atoms with Crippen LogP contribution in [-0.2, 0) is 6.42 Å². The van der Waals surface area contributed by atoms with Gasteiger partial charge < -0.3 is 16.0 Å². The van der Waals surface area contributed by atoms with E-state index < -0.39 is 0 Å². The minimum absolute atomic E-state index is 0.705. The topological polar surface area (TPSA) is 79.6 Å². The molecule has 5 nitrogen and oxygen atoms in total. The highest BCUT2D eigenvalue weighted by Gasteiger charge is 2.14. The highest BCUT2D eigenvalue weighted by molar-refractivity contribution is 6.11. The fraction of sp³-hybridized carbons (Fsp3) is 0.310. The van der Waals surface area contributed by atoms with Crippen LogP contribution in [0.3, 0.4) is 0 Å².